The molecule has 2 rings (SSSR count). The molecule has 1 aliphatic heterocycles. The minimum absolute atomic E-state index is 0.00774. The first-order valence-electron chi connectivity index (χ1n) is 6.79. The highest BCUT2D eigenvalue weighted by molar-refractivity contribution is 14.1. The summed E-state index contributed by atoms with van der Waals surface area (Å²) in [6.07, 6.45) is 3.38. The third kappa shape index (κ3) is 3.30. The Bertz CT molecular complexity index is 544. The van der Waals surface area contributed by atoms with Crippen LogP contribution in [-0.4, -0.2) is 47.1 Å². The van der Waals surface area contributed by atoms with E-state index in [0.29, 0.717) is 3.57 Å². The minimum Gasteiger partial charge on any atom is -0.353 e. The van der Waals surface area contributed by atoms with E-state index < -0.39 is 0 Å². The first-order chi connectivity index (χ1) is 9.67. The smallest absolute Gasteiger partial charge is 0.266 e. The van der Waals surface area contributed by atoms with E-state index >= 15 is 0 Å². The number of H-pyrrole nitrogens is 1. The monoisotopic (exact) mass is 387 g/mol. The predicted molar refractivity (Wildman–Crippen MR) is 85.7 cm³/mol. The van der Waals surface area contributed by atoms with Crippen molar-refractivity contribution in [3.05, 3.63) is 20.3 Å². The van der Waals surface area contributed by atoms with Crippen molar-refractivity contribution in [2.75, 3.05) is 31.1 Å². The number of piperazine rings is 1. The molecule has 0 aromatic carbocycles. The number of anilines is 1. The molecule has 2 heterocycles. The van der Waals surface area contributed by atoms with E-state index in [9.17, 15) is 10.1 Å². The highest BCUT2D eigenvalue weighted by Crippen LogP contribution is 2.18. The molecule has 1 unspecified atom stereocenters. The molecular formula is C13H18IN5O. The summed E-state index contributed by atoms with van der Waals surface area (Å²) < 4.78 is 0.629. The molecule has 1 atom stereocenters. The average Bonchev–Trinajstić information content (AvgIpc) is 2.48. The standard InChI is InChI=1S/C13H18IN5O/c1-2-3-10(8-15)18-4-6-19(7-5-18)12-11(14)13(20)17-9-16-12/h9-10H,2-7H2,1H3,(H,16,17,20). The van der Waals surface area contributed by atoms with Crippen LogP contribution in [0.5, 0.6) is 0 Å². The maximum absolute atomic E-state index is 11.6. The van der Waals surface area contributed by atoms with Crippen molar-refractivity contribution in [1.29, 1.82) is 5.26 Å². The molecule has 1 saturated heterocycles. The van der Waals surface area contributed by atoms with Gasteiger partial charge in [-0.25, -0.2) is 4.98 Å². The molecule has 0 saturated carbocycles. The molecule has 1 aliphatic rings. The second-order valence-electron chi connectivity index (χ2n) is 4.83. The zero-order valence-electron chi connectivity index (χ0n) is 11.5. The van der Waals surface area contributed by atoms with Crippen molar-refractivity contribution in [2.45, 2.75) is 25.8 Å². The molecular weight excluding hydrogens is 369 g/mol. The lowest BCUT2D eigenvalue weighted by atomic mass is 10.1. The van der Waals surface area contributed by atoms with Crippen LogP contribution >= 0.6 is 22.6 Å². The normalized spacial score (nSPS) is 17.8. The lowest BCUT2D eigenvalue weighted by molar-refractivity contribution is 0.211. The molecule has 1 fully saturated rings. The summed E-state index contributed by atoms with van der Waals surface area (Å²) in [5.41, 5.74) is -0.0982. The molecule has 1 aromatic rings. The van der Waals surface area contributed by atoms with Crippen molar-refractivity contribution < 1.29 is 0 Å². The van der Waals surface area contributed by atoms with Crippen LogP contribution in [0.15, 0.2) is 11.1 Å². The Morgan fingerprint density at radius 3 is 2.80 bits per heavy atom. The molecule has 108 valence electrons. The van der Waals surface area contributed by atoms with Gasteiger partial charge in [0.15, 0.2) is 0 Å². The van der Waals surface area contributed by atoms with Gasteiger partial charge >= 0.3 is 0 Å². The second-order valence-corrected chi connectivity index (χ2v) is 5.90. The molecule has 1 N–H and O–H groups in total. The number of aromatic amines is 1. The zero-order valence-corrected chi connectivity index (χ0v) is 13.6. The molecule has 0 aliphatic carbocycles. The van der Waals surface area contributed by atoms with Crippen LogP contribution in [0, 0.1) is 14.9 Å². The van der Waals surface area contributed by atoms with E-state index in [0.717, 1.165) is 44.8 Å². The van der Waals surface area contributed by atoms with Crippen molar-refractivity contribution in [3.63, 3.8) is 0 Å². The lowest BCUT2D eigenvalue weighted by Gasteiger charge is -2.37. The summed E-state index contributed by atoms with van der Waals surface area (Å²) in [7, 11) is 0. The maximum atomic E-state index is 11.6. The van der Waals surface area contributed by atoms with E-state index in [2.05, 4.69) is 32.8 Å². The van der Waals surface area contributed by atoms with Gasteiger partial charge in [0.25, 0.3) is 5.56 Å². The highest BCUT2D eigenvalue weighted by atomic mass is 127. The average molecular weight is 387 g/mol. The van der Waals surface area contributed by atoms with Gasteiger partial charge in [0.2, 0.25) is 0 Å². The first kappa shape index (κ1) is 15.3. The summed E-state index contributed by atoms with van der Waals surface area (Å²) in [5, 5.41) is 9.21. The van der Waals surface area contributed by atoms with E-state index in [-0.39, 0.29) is 11.6 Å². The summed E-state index contributed by atoms with van der Waals surface area (Å²) in [6, 6.07) is 2.39. The van der Waals surface area contributed by atoms with Crippen LogP contribution in [0.25, 0.3) is 0 Å². The summed E-state index contributed by atoms with van der Waals surface area (Å²) in [6.45, 7) is 5.37. The van der Waals surface area contributed by atoms with Crippen LogP contribution in [0.1, 0.15) is 19.8 Å². The Morgan fingerprint density at radius 2 is 2.20 bits per heavy atom. The topological polar surface area (TPSA) is 76.0 Å². The molecule has 0 spiro atoms. The zero-order chi connectivity index (χ0) is 14.5. The fourth-order valence-corrected chi connectivity index (χ4v) is 3.08. The fourth-order valence-electron chi connectivity index (χ4n) is 2.44. The van der Waals surface area contributed by atoms with Crippen molar-refractivity contribution in [1.82, 2.24) is 14.9 Å². The van der Waals surface area contributed by atoms with Gasteiger partial charge in [-0.3, -0.25) is 9.69 Å². The Morgan fingerprint density at radius 1 is 1.50 bits per heavy atom. The van der Waals surface area contributed by atoms with Gasteiger partial charge < -0.3 is 9.88 Å². The van der Waals surface area contributed by atoms with E-state index in [1.54, 1.807) is 0 Å². The van der Waals surface area contributed by atoms with Gasteiger partial charge in [-0.1, -0.05) is 13.3 Å². The van der Waals surface area contributed by atoms with Crippen LogP contribution in [0.3, 0.4) is 0 Å². The molecule has 20 heavy (non-hydrogen) atoms. The minimum atomic E-state index is -0.0982. The second kappa shape index (κ2) is 7.04. The summed E-state index contributed by atoms with van der Waals surface area (Å²) in [4.78, 5) is 22.8. The van der Waals surface area contributed by atoms with E-state index in [1.807, 2.05) is 22.6 Å². The third-order valence-electron chi connectivity index (χ3n) is 3.54. The first-order valence-corrected chi connectivity index (χ1v) is 7.87. The molecule has 0 amide bonds. The Kier molecular flexibility index (Phi) is 5.37. The molecule has 1 aromatic heterocycles. The van der Waals surface area contributed by atoms with Crippen LogP contribution in [0.2, 0.25) is 0 Å². The Labute approximate surface area is 131 Å². The predicted octanol–water partition coefficient (Wildman–Crippen LogP) is 1.19. The molecule has 7 heteroatoms. The van der Waals surface area contributed by atoms with E-state index in [1.165, 1.54) is 6.33 Å². The molecule has 0 radical (unpaired) electrons. The van der Waals surface area contributed by atoms with Gasteiger partial charge in [-0.15, -0.1) is 0 Å². The van der Waals surface area contributed by atoms with Gasteiger partial charge in [-0.05, 0) is 29.0 Å². The van der Waals surface area contributed by atoms with Gasteiger partial charge in [0.05, 0.1) is 18.4 Å². The van der Waals surface area contributed by atoms with Crippen molar-refractivity contribution in [3.8, 4) is 6.07 Å². The van der Waals surface area contributed by atoms with Gasteiger partial charge in [-0.2, -0.15) is 5.26 Å². The van der Waals surface area contributed by atoms with Crippen LogP contribution < -0.4 is 10.5 Å². The summed E-state index contributed by atoms with van der Waals surface area (Å²) in [5.74, 6) is 0.748. The number of rotatable bonds is 4. The molecule has 0 bridgehead atoms. The largest absolute Gasteiger partial charge is 0.353 e. The SMILES string of the molecule is CCCC(C#N)N1CCN(c2nc[nH]c(=O)c2I)CC1. The van der Waals surface area contributed by atoms with Gasteiger partial charge in [0.1, 0.15) is 9.39 Å². The van der Waals surface area contributed by atoms with Crippen LogP contribution in [-0.2, 0) is 0 Å². The number of hydrogen-bond acceptors (Lipinski definition) is 5. The maximum Gasteiger partial charge on any atom is 0.266 e. The number of nitriles is 1. The highest BCUT2D eigenvalue weighted by Gasteiger charge is 2.25. The van der Waals surface area contributed by atoms with Crippen molar-refractivity contribution in [2.24, 2.45) is 0 Å². The Balaban J connectivity index is 2.03. The number of aromatic nitrogens is 2. The third-order valence-corrected chi connectivity index (χ3v) is 4.52. The molecule has 6 nitrogen and oxygen atoms in total. The fraction of sp³-hybridized carbons (Fsp3) is 0.615. The quantitative estimate of drug-likeness (QED) is 0.786. The number of nitrogens with one attached hydrogen (secondary N) is 1. The number of nitrogens with zero attached hydrogens (tertiary/aromatic N) is 4. The number of hydrogen-bond donors (Lipinski definition) is 1. The Hall–Kier alpha value is -1.14. The van der Waals surface area contributed by atoms with Gasteiger partial charge in [0, 0.05) is 26.2 Å². The van der Waals surface area contributed by atoms with Crippen LogP contribution in [0.4, 0.5) is 5.82 Å². The van der Waals surface area contributed by atoms with E-state index in [4.69, 9.17) is 0 Å². The lowest BCUT2D eigenvalue weighted by Crippen LogP contribution is -2.50. The van der Waals surface area contributed by atoms with Crippen molar-refractivity contribution >= 4 is 28.4 Å². The summed E-state index contributed by atoms with van der Waals surface area (Å²) >= 11 is 2.03. The number of halogens is 1.